The first kappa shape index (κ1) is 16.4. The molecule has 0 radical (unpaired) electrons. The zero-order valence-corrected chi connectivity index (χ0v) is 11.5. The fraction of sp³-hybridized carbons (Fsp3) is 0.923. The number of carboxylic acids is 1. The molecule has 0 saturated heterocycles. The lowest BCUT2D eigenvalue weighted by Crippen LogP contribution is -2.48. The predicted molar refractivity (Wildman–Crippen MR) is 69.9 cm³/mol. The summed E-state index contributed by atoms with van der Waals surface area (Å²) < 4.78 is 4.95. The molecule has 0 bridgehead atoms. The van der Waals surface area contributed by atoms with Crippen LogP contribution in [0.4, 0.5) is 0 Å². The van der Waals surface area contributed by atoms with E-state index in [4.69, 9.17) is 9.84 Å². The minimum Gasteiger partial charge on any atom is -0.481 e. The third-order valence-corrected chi connectivity index (χ3v) is 3.88. The average Bonchev–Trinajstić information content (AvgIpc) is 2.39. The van der Waals surface area contributed by atoms with Gasteiger partial charge in [-0.15, -0.1) is 0 Å². The van der Waals surface area contributed by atoms with E-state index in [-0.39, 0.29) is 18.6 Å². The van der Waals surface area contributed by atoms with Gasteiger partial charge in [-0.05, 0) is 32.1 Å². The Balaban J connectivity index is 2.33. The molecule has 6 heteroatoms. The quantitative estimate of drug-likeness (QED) is 0.497. The second-order valence-corrected chi connectivity index (χ2v) is 5.38. The van der Waals surface area contributed by atoms with E-state index >= 15 is 0 Å². The third kappa shape index (κ3) is 5.44. The standard InChI is InChI=1S/C13H25NO5/c1-19-7-4-11(8-15)14-9-13(18)5-2-10(3-6-13)12(16)17/h10-11,14-15,18H,2-9H2,1H3,(H,16,17). The van der Waals surface area contributed by atoms with E-state index in [1.54, 1.807) is 7.11 Å². The molecule has 1 aliphatic rings. The van der Waals surface area contributed by atoms with Gasteiger partial charge in [0.1, 0.15) is 0 Å². The van der Waals surface area contributed by atoms with Crippen LogP contribution >= 0.6 is 0 Å². The van der Waals surface area contributed by atoms with Crippen LogP contribution in [0.2, 0.25) is 0 Å². The molecule has 0 amide bonds. The number of carboxylic acid groups (broad SMARTS) is 1. The molecule has 1 rings (SSSR count). The van der Waals surface area contributed by atoms with E-state index in [9.17, 15) is 15.0 Å². The van der Waals surface area contributed by atoms with E-state index < -0.39 is 11.6 Å². The summed E-state index contributed by atoms with van der Waals surface area (Å²) in [7, 11) is 1.61. The second kappa shape index (κ2) is 7.79. The molecule has 0 aromatic carbocycles. The van der Waals surface area contributed by atoms with Gasteiger partial charge in [-0.2, -0.15) is 0 Å². The Kier molecular flexibility index (Phi) is 6.71. The highest BCUT2D eigenvalue weighted by atomic mass is 16.5. The number of aliphatic hydroxyl groups excluding tert-OH is 1. The van der Waals surface area contributed by atoms with Crippen molar-refractivity contribution in [1.29, 1.82) is 0 Å². The van der Waals surface area contributed by atoms with Crippen LogP contribution in [0.1, 0.15) is 32.1 Å². The fourth-order valence-electron chi connectivity index (χ4n) is 2.43. The van der Waals surface area contributed by atoms with Crippen molar-refractivity contribution in [1.82, 2.24) is 5.32 Å². The molecule has 1 aliphatic carbocycles. The number of hydrogen-bond acceptors (Lipinski definition) is 5. The van der Waals surface area contributed by atoms with Gasteiger partial charge in [-0.25, -0.2) is 0 Å². The van der Waals surface area contributed by atoms with Crippen LogP contribution in [0.3, 0.4) is 0 Å². The number of methoxy groups -OCH3 is 1. The van der Waals surface area contributed by atoms with Crippen LogP contribution in [0.25, 0.3) is 0 Å². The van der Waals surface area contributed by atoms with E-state index in [1.807, 2.05) is 0 Å². The largest absolute Gasteiger partial charge is 0.481 e. The van der Waals surface area contributed by atoms with Gasteiger partial charge in [-0.1, -0.05) is 0 Å². The van der Waals surface area contributed by atoms with Crippen LogP contribution in [0.15, 0.2) is 0 Å². The minimum absolute atomic E-state index is 0.00279. The summed E-state index contributed by atoms with van der Waals surface area (Å²) in [6.07, 6.45) is 2.67. The number of ether oxygens (including phenoxy) is 1. The summed E-state index contributed by atoms with van der Waals surface area (Å²) in [5.74, 6) is -1.11. The van der Waals surface area contributed by atoms with E-state index in [2.05, 4.69) is 5.32 Å². The minimum atomic E-state index is -0.855. The number of rotatable bonds is 8. The van der Waals surface area contributed by atoms with Gasteiger partial charge < -0.3 is 25.4 Å². The summed E-state index contributed by atoms with van der Waals surface area (Å²) >= 11 is 0. The van der Waals surface area contributed by atoms with Crippen LogP contribution in [-0.4, -0.2) is 59.8 Å². The highest BCUT2D eigenvalue weighted by molar-refractivity contribution is 5.70. The molecule has 1 fully saturated rings. The molecule has 4 N–H and O–H groups in total. The lowest BCUT2D eigenvalue weighted by molar-refractivity contribution is -0.144. The van der Waals surface area contributed by atoms with Crippen molar-refractivity contribution in [3.8, 4) is 0 Å². The number of aliphatic hydroxyl groups is 2. The van der Waals surface area contributed by atoms with Crippen LogP contribution in [0, 0.1) is 5.92 Å². The number of carbonyl (C=O) groups is 1. The van der Waals surface area contributed by atoms with Crippen LogP contribution < -0.4 is 5.32 Å². The number of aliphatic carboxylic acids is 1. The van der Waals surface area contributed by atoms with Crippen molar-refractivity contribution in [2.24, 2.45) is 5.92 Å². The Bertz CT molecular complexity index is 276. The molecule has 6 nitrogen and oxygen atoms in total. The Hall–Kier alpha value is -0.690. The lowest BCUT2D eigenvalue weighted by atomic mass is 9.78. The molecule has 0 aromatic rings. The highest BCUT2D eigenvalue weighted by Gasteiger charge is 2.35. The van der Waals surface area contributed by atoms with E-state index in [0.29, 0.717) is 45.3 Å². The first-order chi connectivity index (χ1) is 9.00. The van der Waals surface area contributed by atoms with Crippen molar-refractivity contribution >= 4 is 5.97 Å². The number of nitrogens with one attached hydrogen (secondary N) is 1. The molecule has 1 unspecified atom stereocenters. The summed E-state index contributed by atoms with van der Waals surface area (Å²) in [4.78, 5) is 10.9. The van der Waals surface area contributed by atoms with Crippen LogP contribution in [0.5, 0.6) is 0 Å². The zero-order chi connectivity index (χ0) is 14.3. The molecule has 0 aliphatic heterocycles. The smallest absolute Gasteiger partial charge is 0.306 e. The molecule has 19 heavy (non-hydrogen) atoms. The molecule has 112 valence electrons. The molecule has 0 heterocycles. The summed E-state index contributed by atoms with van der Waals surface area (Å²) in [6, 6.07) is -0.0961. The first-order valence-electron chi connectivity index (χ1n) is 6.79. The maximum absolute atomic E-state index is 10.9. The van der Waals surface area contributed by atoms with Gasteiger partial charge in [-0.3, -0.25) is 4.79 Å². The second-order valence-electron chi connectivity index (χ2n) is 5.38. The fourth-order valence-corrected chi connectivity index (χ4v) is 2.43. The third-order valence-electron chi connectivity index (χ3n) is 3.88. The summed E-state index contributed by atoms with van der Waals surface area (Å²) in [6.45, 7) is 0.934. The van der Waals surface area contributed by atoms with Gasteiger partial charge in [0.25, 0.3) is 0 Å². The zero-order valence-electron chi connectivity index (χ0n) is 11.5. The highest BCUT2D eigenvalue weighted by Crippen LogP contribution is 2.31. The van der Waals surface area contributed by atoms with Crippen LogP contribution in [-0.2, 0) is 9.53 Å². The maximum atomic E-state index is 10.9. The maximum Gasteiger partial charge on any atom is 0.306 e. The lowest BCUT2D eigenvalue weighted by Gasteiger charge is -2.35. The van der Waals surface area contributed by atoms with Gasteiger partial charge >= 0.3 is 5.97 Å². The van der Waals surface area contributed by atoms with Crippen molar-refractivity contribution < 1.29 is 24.9 Å². The van der Waals surface area contributed by atoms with Gasteiger partial charge in [0.2, 0.25) is 0 Å². The van der Waals surface area contributed by atoms with Crippen molar-refractivity contribution in [2.75, 3.05) is 26.9 Å². The van der Waals surface area contributed by atoms with Gasteiger partial charge in [0.15, 0.2) is 0 Å². The molecule has 0 aromatic heterocycles. The van der Waals surface area contributed by atoms with Gasteiger partial charge in [0.05, 0.1) is 18.1 Å². The monoisotopic (exact) mass is 275 g/mol. The average molecular weight is 275 g/mol. The SMILES string of the molecule is COCCC(CO)NCC1(O)CCC(C(=O)O)CC1. The van der Waals surface area contributed by atoms with E-state index in [0.717, 1.165) is 0 Å². The Labute approximate surface area is 113 Å². The molecular formula is C13H25NO5. The molecular weight excluding hydrogens is 250 g/mol. The normalized spacial score (nSPS) is 29.1. The predicted octanol–water partition coefficient (Wildman–Crippen LogP) is -0.0207. The van der Waals surface area contributed by atoms with Crippen molar-refractivity contribution in [2.45, 2.75) is 43.7 Å². The molecule has 0 spiro atoms. The first-order valence-corrected chi connectivity index (χ1v) is 6.79. The summed E-state index contributed by atoms with van der Waals surface area (Å²) in [5, 5.41) is 31.6. The van der Waals surface area contributed by atoms with Gasteiger partial charge in [0, 0.05) is 26.3 Å². The summed E-state index contributed by atoms with van der Waals surface area (Å²) in [5.41, 5.74) is -0.855. The topological polar surface area (TPSA) is 99.0 Å². The van der Waals surface area contributed by atoms with Crippen molar-refractivity contribution in [3.63, 3.8) is 0 Å². The number of hydrogen-bond donors (Lipinski definition) is 4. The molecule has 1 atom stereocenters. The Morgan fingerprint density at radius 2 is 2.11 bits per heavy atom. The van der Waals surface area contributed by atoms with Crippen molar-refractivity contribution in [3.05, 3.63) is 0 Å². The molecule has 1 saturated carbocycles. The Morgan fingerprint density at radius 1 is 1.47 bits per heavy atom. The Morgan fingerprint density at radius 3 is 2.58 bits per heavy atom. The van der Waals surface area contributed by atoms with E-state index in [1.165, 1.54) is 0 Å².